The zero-order chi connectivity index (χ0) is 13.2. The van der Waals surface area contributed by atoms with Crippen LogP contribution in [0.1, 0.15) is 17.2 Å². The minimum Gasteiger partial charge on any atom is -0.493 e. The second-order valence-corrected chi connectivity index (χ2v) is 3.78. The van der Waals surface area contributed by atoms with E-state index in [1.54, 1.807) is 6.92 Å². The second kappa shape index (κ2) is 5.25. The molecule has 1 atom stereocenters. The zero-order valence-corrected chi connectivity index (χ0v) is 10.4. The molecular weight excluding hydrogens is 248 g/mol. The number of benzene rings is 1. The van der Waals surface area contributed by atoms with Gasteiger partial charge in [0.2, 0.25) is 0 Å². The van der Waals surface area contributed by atoms with Crippen molar-refractivity contribution >= 4 is 17.6 Å². The molecule has 0 bridgehead atoms. The Bertz CT molecular complexity index is 444. The molecule has 2 N–H and O–H groups in total. The number of carboxylic acids is 1. The average Bonchev–Trinajstić information content (AvgIpc) is 2.27. The fourth-order valence-electron chi connectivity index (χ4n) is 1.61. The van der Waals surface area contributed by atoms with Crippen molar-refractivity contribution in [1.82, 2.24) is 0 Å². The monoisotopic (exact) mass is 260 g/mol. The molecule has 0 aliphatic carbocycles. The molecule has 0 radical (unpaired) electrons. The number of rotatable bonds is 4. The van der Waals surface area contributed by atoms with Crippen LogP contribution in [0, 0.1) is 6.92 Å². The van der Waals surface area contributed by atoms with Crippen LogP contribution in [0.5, 0.6) is 11.5 Å². The summed E-state index contributed by atoms with van der Waals surface area (Å²) in [6.45, 7) is 1.61. The molecule has 0 aliphatic rings. The lowest BCUT2D eigenvalue weighted by Crippen LogP contribution is -2.13. The normalized spacial score (nSPS) is 12.1. The van der Waals surface area contributed by atoms with E-state index >= 15 is 0 Å². The number of aliphatic hydroxyl groups is 1. The highest BCUT2D eigenvalue weighted by molar-refractivity contribution is 6.32. The molecule has 17 heavy (non-hydrogen) atoms. The summed E-state index contributed by atoms with van der Waals surface area (Å²) in [5.74, 6) is -0.634. The van der Waals surface area contributed by atoms with Gasteiger partial charge in [-0.25, -0.2) is 4.79 Å². The van der Waals surface area contributed by atoms with E-state index in [1.165, 1.54) is 20.3 Å². The summed E-state index contributed by atoms with van der Waals surface area (Å²) < 4.78 is 10.2. The van der Waals surface area contributed by atoms with Crippen LogP contribution in [0.15, 0.2) is 6.07 Å². The van der Waals surface area contributed by atoms with Gasteiger partial charge in [-0.3, -0.25) is 0 Å². The lowest BCUT2D eigenvalue weighted by Gasteiger charge is -2.17. The van der Waals surface area contributed by atoms with Gasteiger partial charge in [0.25, 0.3) is 0 Å². The van der Waals surface area contributed by atoms with Crippen molar-refractivity contribution in [2.24, 2.45) is 0 Å². The maximum Gasteiger partial charge on any atom is 0.337 e. The Morgan fingerprint density at radius 2 is 2.00 bits per heavy atom. The summed E-state index contributed by atoms with van der Waals surface area (Å²) in [5, 5.41) is 18.5. The SMILES string of the molecule is COc1cc(Cl)c(C(O)C(=O)O)c(C)c1OC. The molecule has 0 spiro atoms. The molecule has 1 rings (SSSR count). The molecule has 0 saturated heterocycles. The van der Waals surface area contributed by atoms with Crippen LogP contribution >= 0.6 is 11.6 Å². The van der Waals surface area contributed by atoms with E-state index in [-0.39, 0.29) is 10.6 Å². The highest BCUT2D eigenvalue weighted by atomic mass is 35.5. The molecule has 5 nitrogen and oxygen atoms in total. The number of aliphatic hydroxyl groups excluding tert-OH is 1. The number of hydrogen-bond acceptors (Lipinski definition) is 4. The molecule has 1 aromatic carbocycles. The van der Waals surface area contributed by atoms with Crippen molar-refractivity contribution in [3.8, 4) is 11.5 Å². The Morgan fingerprint density at radius 1 is 1.41 bits per heavy atom. The third-order valence-corrected chi connectivity index (χ3v) is 2.73. The van der Waals surface area contributed by atoms with Crippen molar-refractivity contribution in [1.29, 1.82) is 0 Å². The molecule has 0 saturated carbocycles. The van der Waals surface area contributed by atoms with E-state index in [2.05, 4.69) is 0 Å². The van der Waals surface area contributed by atoms with E-state index in [1.807, 2.05) is 0 Å². The van der Waals surface area contributed by atoms with Gasteiger partial charge in [0, 0.05) is 17.2 Å². The predicted molar refractivity (Wildman–Crippen MR) is 61.9 cm³/mol. The van der Waals surface area contributed by atoms with Crippen LogP contribution in [0.25, 0.3) is 0 Å². The average molecular weight is 261 g/mol. The highest BCUT2D eigenvalue weighted by Crippen LogP contribution is 2.40. The van der Waals surface area contributed by atoms with Gasteiger partial charge in [-0.15, -0.1) is 0 Å². The highest BCUT2D eigenvalue weighted by Gasteiger charge is 2.25. The Morgan fingerprint density at radius 3 is 2.41 bits per heavy atom. The number of carboxylic acid groups (broad SMARTS) is 1. The van der Waals surface area contributed by atoms with E-state index < -0.39 is 12.1 Å². The molecule has 0 aromatic heterocycles. The maximum absolute atomic E-state index is 10.8. The van der Waals surface area contributed by atoms with Crippen molar-refractivity contribution in [3.05, 3.63) is 22.2 Å². The summed E-state index contributed by atoms with van der Waals surface area (Å²) in [6.07, 6.45) is -1.69. The van der Waals surface area contributed by atoms with E-state index in [0.717, 1.165) is 0 Å². The van der Waals surface area contributed by atoms with Gasteiger partial charge in [-0.05, 0) is 6.92 Å². The predicted octanol–water partition coefficient (Wildman–Crippen LogP) is 1.78. The van der Waals surface area contributed by atoms with Crippen molar-refractivity contribution in [2.75, 3.05) is 14.2 Å². The number of hydrogen-bond donors (Lipinski definition) is 2. The maximum atomic E-state index is 10.8. The number of methoxy groups -OCH3 is 2. The van der Waals surface area contributed by atoms with Crippen LogP contribution < -0.4 is 9.47 Å². The van der Waals surface area contributed by atoms with Gasteiger partial charge in [-0.1, -0.05) is 11.6 Å². The molecule has 1 aromatic rings. The lowest BCUT2D eigenvalue weighted by atomic mass is 10.0. The number of ether oxygens (including phenoxy) is 2. The lowest BCUT2D eigenvalue weighted by molar-refractivity contribution is -0.147. The number of halogens is 1. The van der Waals surface area contributed by atoms with Crippen LogP contribution in [-0.2, 0) is 4.79 Å². The first-order chi connectivity index (χ1) is 7.93. The molecule has 0 fully saturated rings. The molecule has 1 unspecified atom stereocenters. The van der Waals surface area contributed by atoms with Gasteiger partial charge in [0.05, 0.1) is 19.2 Å². The first kappa shape index (κ1) is 13.6. The fourth-order valence-corrected chi connectivity index (χ4v) is 1.95. The van der Waals surface area contributed by atoms with Crippen LogP contribution in [0.4, 0.5) is 0 Å². The largest absolute Gasteiger partial charge is 0.493 e. The van der Waals surface area contributed by atoms with Gasteiger partial charge in [0.1, 0.15) is 0 Å². The first-order valence-corrected chi connectivity index (χ1v) is 5.13. The molecular formula is C11H13ClO5. The standard InChI is InChI=1S/C11H13ClO5/c1-5-8(9(13)11(14)15)6(12)4-7(16-2)10(5)17-3/h4,9,13H,1-3H3,(H,14,15). The van der Waals surface area contributed by atoms with Crippen LogP contribution in [0.3, 0.4) is 0 Å². The van der Waals surface area contributed by atoms with Crippen molar-refractivity contribution in [2.45, 2.75) is 13.0 Å². The summed E-state index contributed by atoms with van der Waals surface area (Å²) in [7, 11) is 2.87. The van der Waals surface area contributed by atoms with Crippen LogP contribution in [0.2, 0.25) is 5.02 Å². The first-order valence-electron chi connectivity index (χ1n) is 4.75. The fraction of sp³-hybridized carbons (Fsp3) is 0.364. The van der Waals surface area contributed by atoms with Gasteiger partial charge < -0.3 is 19.7 Å². The van der Waals surface area contributed by atoms with E-state index in [4.69, 9.17) is 26.2 Å². The smallest absolute Gasteiger partial charge is 0.337 e. The molecule has 6 heteroatoms. The van der Waals surface area contributed by atoms with Crippen LogP contribution in [-0.4, -0.2) is 30.4 Å². The second-order valence-electron chi connectivity index (χ2n) is 3.37. The summed E-state index contributed by atoms with van der Waals surface area (Å²) in [6, 6.07) is 1.41. The summed E-state index contributed by atoms with van der Waals surface area (Å²) >= 11 is 5.92. The van der Waals surface area contributed by atoms with Gasteiger partial charge in [0.15, 0.2) is 17.6 Å². The Balaban J connectivity index is 3.47. The van der Waals surface area contributed by atoms with Gasteiger partial charge >= 0.3 is 5.97 Å². The van der Waals surface area contributed by atoms with Crippen molar-refractivity contribution < 1.29 is 24.5 Å². The minimum absolute atomic E-state index is 0.108. The summed E-state index contributed by atoms with van der Waals surface area (Å²) in [5.41, 5.74) is 0.545. The van der Waals surface area contributed by atoms with Crippen molar-refractivity contribution in [3.63, 3.8) is 0 Å². The molecule has 0 aliphatic heterocycles. The Kier molecular flexibility index (Phi) is 4.20. The minimum atomic E-state index is -1.69. The summed E-state index contributed by atoms with van der Waals surface area (Å²) in [4.78, 5) is 10.8. The number of aliphatic carboxylic acids is 1. The van der Waals surface area contributed by atoms with E-state index in [0.29, 0.717) is 17.1 Å². The number of carbonyl (C=O) groups is 1. The van der Waals surface area contributed by atoms with Gasteiger partial charge in [-0.2, -0.15) is 0 Å². The topological polar surface area (TPSA) is 76.0 Å². The molecule has 94 valence electrons. The zero-order valence-electron chi connectivity index (χ0n) is 9.65. The quantitative estimate of drug-likeness (QED) is 0.863. The molecule has 0 heterocycles. The molecule has 0 amide bonds. The Hall–Kier alpha value is -1.46. The Labute approximate surface area is 104 Å². The third kappa shape index (κ3) is 2.45. The third-order valence-electron chi connectivity index (χ3n) is 2.41. The van der Waals surface area contributed by atoms with E-state index in [9.17, 15) is 9.90 Å².